The number of carbonyl (C=O) groups excluding carboxylic acids is 2. The Morgan fingerprint density at radius 1 is 0.688 bits per heavy atom. The van der Waals surface area contributed by atoms with E-state index in [1.807, 2.05) is 24.3 Å². The quantitative estimate of drug-likeness (QED) is 0.0576. The molecule has 0 radical (unpaired) electrons. The summed E-state index contributed by atoms with van der Waals surface area (Å²) in [4.78, 5) is 25.2. The molecule has 0 bridgehead atoms. The second-order valence-corrected chi connectivity index (χ2v) is 11.1. The van der Waals surface area contributed by atoms with Gasteiger partial charge in [0.2, 0.25) is 0 Å². The largest absolute Gasteiger partial charge is 0.494 e. The van der Waals surface area contributed by atoms with Crippen molar-refractivity contribution >= 4 is 11.9 Å². The molecule has 0 fully saturated rings. The van der Waals surface area contributed by atoms with Crippen molar-refractivity contribution in [3.63, 3.8) is 0 Å². The molecule has 0 saturated heterocycles. The van der Waals surface area contributed by atoms with Crippen LogP contribution in [0.25, 0.3) is 11.1 Å². The summed E-state index contributed by atoms with van der Waals surface area (Å²) in [5.74, 6) is -2.64. The third-order valence-corrected chi connectivity index (χ3v) is 7.39. The Hall–Kier alpha value is -4.06. The zero-order chi connectivity index (χ0) is 35.2. The molecule has 0 aliphatic rings. The monoisotopic (exact) mass is 682 g/mol. The standard InChI is InChI=1S/C36H40F6O6/c1-3-5-6-7-8-9-10-22-46-28-17-15-26(16-18-28)25-11-13-27(14-12-25)33(43)47-29-19-20-30(31(24-29)35(37,38)39)34(44)48-32(36(40,41)42)21-23-45-4-2/h11-20,24,32H,3-10,21-23H2,1-2H3/t32-/m1/s1. The van der Waals surface area contributed by atoms with Crippen molar-refractivity contribution in [1.29, 1.82) is 0 Å². The predicted molar refractivity (Wildman–Crippen MR) is 168 cm³/mol. The molecular formula is C36H40F6O6. The lowest BCUT2D eigenvalue weighted by atomic mass is 10.0. The first-order valence-electron chi connectivity index (χ1n) is 16.0. The molecule has 0 saturated carbocycles. The van der Waals surface area contributed by atoms with Crippen molar-refractivity contribution in [2.24, 2.45) is 0 Å². The highest BCUT2D eigenvalue weighted by atomic mass is 19.4. The van der Waals surface area contributed by atoms with E-state index in [1.54, 1.807) is 19.1 Å². The van der Waals surface area contributed by atoms with E-state index in [9.17, 15) is 35.9 Å². The van der Waals surface area contributed by atoms with Crippen LogP contribution in [0.3, 0.4) is 0 Å². The molecule has 0 aliphatic heterocycles. The molecule has 0 heterocycles. The number of esters is 2. The van der Waals surface area contributed by atoms with Gasteiger partial charge in [0.05, 0.1) is 29.9 Å². The molecule has 0 spiro atoms. The van der Waals surface area contributed by atoms with Crippen molar-refractivity contribution in [3.8, 4) is 22.6 Å². The van der Waals surface area contributed by atoms with Gasteiger partial charge in [-0.25, -0.2) is 9.59 Å². The van der Waals surface area contributed by atoms with Gasteiger partial charge in [0, 0.05) is 13.0 Å². The fourth-order valence-electron chi connectivity index (χ4n) is 4.77. The van der Waals surface area contributed by atoms with Crippen LogP contribution in [-0.4, -0.2) is 44.0 Å². The highest BCUT2D eigenvalue weighted by Gasteiger charge is 2.44. The molecule has 1 atom stereocenters. The second-order valence-electron chi connectivity index (χ2n) is 11.1. The Morgan fingerprint density at radius 3 is 1.85 bits per heavy atom. The first-order valence-corrected chi connectivity index (χ1v) is 16.0. The predicted octanol–water partition coefficient (Wildman–Crippen LogP) is 10.2. The van der Waals surface area contributed by atoms with E-state index in [4.69, 9.17) is 14.2 Å². The molecule has 0 aromatic heterocycles. The zero-order valence-electron chi connectivity index (χ0n) is 26.9. The minimum atomic E-state index is -5.17. The lowest BCUT2D eigenvalue weighted by Crippen LogP contribution is -2.35. The van der Waals surface area contributed by atoms with Crippen LogP contribution in [0.4, 0.5) is 26.3 Å². The summed E-state index contributed by atoms with van der Waals surface area (Å²) in [6.07, 6.45) is -5.34. The molecule has 262 valence electrons. The molecule has 0 unspecified atom stereocenters. The molecule has 12 heteroatoms. The number of benzene rings is 3. The van der Waals surface area contributed by atoms with Crippen molar-refractivity contribution in [2.75, 3.05) is 19.8 Å². The first kappa shape index (κ1) is 38.4. The van der Waals surface area contributed by atoms with Gasteiger partial charge in [-0.1, -0.05) is 69.7 Å². The van der Waals surface area contributed by atoms with Crippen LogP contribution in [0.5, 0.6) is 11.5 Å². The number of carbonyl (C=O) groups is 2. The van der Waals surface area contributed by atoms with Crippen LogP contribution in [-0.2, 0) is 15.7 Å². The number of ether oxygens (including phenoxy) is 4. The Labute approximate surface area is 276 Å². The lowest BCUT2D eigenvalue weighted by molar-refractivity contribution is -0.208. The van der Waals surface area contributed by atoms with Crippen LogP contribution >= 0.6 is 0 Å². The molecule has 3 aromatic rings. The molecule has 3 rings (SSSR count). The maximum atomic E-state index is 13.8. The van der Waals surface area contributed by atoms with Crippen molar-refractivity contribution < 1.29 is 54.9 Å². The number of halogens is 6. The summed E-state index contributed by atoms with van der Waals surface area (Å²) in [5.41, 5.74) is -1.13. The fourth-order valence-corrected chi connectivity index (χ4v) is 4.77. The molecule has 0 N–H and O–H groups in total. The van der Waals surface area contributed by atoms with E-state index in [2.05, 4.69) is 11.7 Å². The summed E-state index contributed by atoms with van der Waals surface area (Å²) in [6, 6.07) is 15.5. The van der Waals surface area contributed by atoms with Crippen LogP contribution in [0.15, 0.2) is 66.7 Å². The topological polar surface area (TPSA) is 71.1 Å². The molecule has 6 nitrogen and oxygen atoms in total. The van der Waals surface area contributed by atoms with Gasteiger partial charge in [-0.3, -0.25) is 0 Å². The Bertz CT molecular complexity index is 1440. The number of unbranched alkanes of at least 4 members (excludes halogenated alkanes) is 6. The van der Waals surface area contributed by atoms with Crippen LogP contribution < -0.4 is 9.47 Å². The SMILES string of the molecule is CCCCCCCCCOc1ccc(-c2ccc(C(=O)Oc3ccc(C(=O)O[C@H](CCOCC)C(F)(F)F)c(C(F)(F)F)c3)cc2)cc1. The lowest BCUT2D eigenvalue weighted by Gasteiger charge is -2.21. The van der Waals surface area contributed by atoms with Gasteiger partial charge < -0.3 is 18.9 Å². The number of hydrogen-bond acceptors (Lipinski definition) is 6. The Kier molecular flexibility index (Phi) is 14.8. The van der Waals surface area contributed by atoms with Gasteiger partial charge in [-0.15, -0.1) is 0 Å². The third kappa shape index (κ3) is 12.2. The fraction of sp³-hybridized carbons (Fsp3) is 0.444. The van der Waals surface area contributed by atoms with Gasteiger partial charge in [0.15, 0.2) is 6.10 Å². The van der Waals surface area contributed by atoms with Crippen molar-refractivity contribution in [3.05, 3.63) is 83.4 Å². The van der Waals surface area contributed by atoms with Gasteiger partial charge in [-0.05, 0) is 66.9 Å². The summed E-state index contributed by atoms with van der Waals surface area (Å²) in [7, 11) is 0. The van der Waals surface area contributed by atoms with Gasteiger partial charge in [0.25, 0.3) is 0 Å². The Balaban J connectivity index is 1.62. The smallest absolute Gasteiger partial charge is 0.425 e. The van der Waals surface area contributed by atoms with E-state index in [1.165, 1.54) is 44.2 Å². The minimum Gasteiger partial charge on any atom is -0.494 e. The highest BCUT2D eigenvalue weighted by molar-refractivity contribution is 5.93. The van der Waals surface area contributed by atoms with E-state index in [-0.39, 0.29) is 12.2 Å². The summed E-state index contributed by atoms with van der Waals surface area (Å²) < 4.78 is 102. The average Bonchev–Trinajstić information content (AvgIpc) is 3.05. The van der Waals surface area contributed by atoms with Crippen molar-refractivity contribution in [1.82, 2.24) is 0 Å². The Morgan fingerprint density at radius 2 is 1.27 bits per heavy atom. The molecule has 0 aliphatic carbocycles. The van der Waals surface area contributed by atoms with Gasteiger partial charge in [0.1, 0.15) is 11.5 Å². The number of hydrogen-bond donors (Lipinski definition) is 0. The van der Waals surface area contributed by atoms with Crippen LogP contribution in [0, 0.1) is 0 Å². The molecule has 0 amide bonds. The highest BCUT2D eigenvalue weighted by Crippen LogP contribution is 2.36. The summed E-state index contributed by atoms with van der Waals surface area (Å²) >= 11 is 0. The average molecular weight is 683 g/mol. The molecular weight excluding hydrogens is 642 g/mol. The molecule has 48 heavy (non-hydrogen) atoms. The molecule has 3 aromatic carbocycles. The minimum absolute atomic E-state index is 0.0350. The van der Waals surface area contributed by atoms with Crippen LogP contribution in [0.2, 0.25) is 0 Å². The summed E-state index contributed by atoms with van der Waals surface area (Å²) in [5, 5.41) is 0. The van der Waals surface area contributed by atoms with E-state index in [0.29, 0.717) is 18.7 Å². The maximum Gasteiger partial charge on any atom is 0.425 e. The normalized spacial score (nSPS) is 12.4. The van der Waals surface area contributed by atoms with Crippen molar-refractivity contribution in [2.45, 2.75) is 83.7 Å². The van der Waals surface area contributed by atoms with Gasteiger partial charge in [-0.2, -0.15) is 26.3 Å². The zero-order valence-corrected chi connectivity index (χ0v) is 26.9. The number of alkyl halides is 6. The second kappa shape index (κ2) is 18.5. The van der Waals surface area contributed by atoms with E-state index in [0.717, 1.165) is 35.8 Å². The van der Waals surface area contributed by atoms with E-state index >= 15 is 0 Å². The summed E-state index contributed by atoms with van der Waals surface area (Å²) in [6.45, 7) is 4.05. The maximum absolute atomic E-state index is 13.8. The van der Waals surface area contributed by atoms with Crippen LogP contribution in [0.1, 0.15) is 91.5 Å². The first-order chi connectivity index (χ1) is 22.8. The van der Waals surface area contributed by atoms with E-state index < -0.39 is 60.3 Å². The number of rotatable bonds is 18. The third-order valence-electron chi connectivity index (χ3n) is 7.39. The van der Waals surface area contributed by atoms with Gasteiger partial charge >= 0.3 is 24.3 Å².